The first-order valence-electron chi connectivity index (χ1n) is 17.9. The summed E-state index contributed by atoms with van der Waals surface area (Å²) in [6, 6.07) is 15.3. The molecule has 0 amide bonds. The second-order valence-electron chi connectivity index (χ2n) is 15.8. The summed E-state index contributed by atoms with van der Waals surface area (Å²) < 4.78 is 34.2. The second-order valence-corrected chi connectivity index (χ2v) is 16.7. The Bertz CT molecular complexity index is 1490. The molecule has 0 radical (unpaired) electrons. The highest BCUT2D eigenvalue weighted by molar-refractivity contribution is 9.10. The van der Waals surface area contributed by atoms with Crippen LogP contribution in [-0.2, 0) is 47.4 Å². The van der Waals surface area contributed by atoms with Gasteiger partial charge in [-0.3, -0.25) is 19.2 Å². The number of rotatable bonds is 13. The van der Waals surface area contributed by atoms with Gasteiger partial charge in [-0.25, -0.2) is 0 Å². The van der Waals surface area contributed by atoms with Crippen molar-refractivity contribution in [2.75, 3.05) is 13.2 Å². The highest BCUT2D eigenvalue weighted by Gasteiger charge is 2.51. The molecular formula is C40H58BBrO10. The number of ether oxygens (including phenoxy) is 4. The number of hydrogen-bond donors (Lipinski definition) is 0. The Morgan fingerprint density at radius 1 is 0.654 bits per heavy atom. The first kappa shape index (κ1) is 44.9. The van der Waals surface area contributed by atoms with Crippen LogP contribution < -0.4 is 5.46 Å². The topological polar surface area (TPSA) is 124 Å². The largest absolute Gasteiger partial charge is 0.494 e. The molecular weight excluding hydrogens is 731 g/mol. The zero-order chi connectivity index (χ0) is 39.5. The first-order chi connectivity index (χ1) is 23.9. The molecule has 0 N–H and O–H groups in total. The van der Waals surface area contributed by atoms with E-state index in [1.165, 1.54) is 0 Å². The number of carbonyl (C=O) groups is 4. The highest BCUT2D eigenvalue weighted by atomic mass is 79.9. The maximum atomic E-state index is 12.5. The molecule has 0 unspecified atom stereocenters. The smallest absolute Gasteiger partial charge is 0.466 e. The Morgan fingerprint density at radius 2 is 1.04 bits per heavy atom. The fourth-order valence-electron chi connectivity index (χ4n) is 5.33. The fraction of sp³-hybridized carbons (Fsp3) is 0.600. The monoisotopic (exact) mass is 788 g/mol. The molecule has 3 rings (SSSR count). The molecule has 0 bridgehead atoms. The second kappa shape index (κ2) is 19.2. The van der Waals surface area contributed by atoms with Crippen molar-refractivity contribution in [3.8, 4) is 0 Å². The van der Waals surface area contributed by atoms with Gasteiger partial charge in [-0.2, -0.15) is 0 Å². The van der Waals surface area contributed by atoms with Gasteiger partial charge in [-0.15, -0.1) is 0 Å². The van der Waals surface area contributed by atoms with E-state index in [9.17, 15) is 19.2 Å². The van der Waals surface area contributed by atoms with Gasteiger partial charge in [0.05, 0.1) is 50.1 Å². The third-order valence-corrected chi connectivity index (χ3v) is 8.82. The molecule has 0 aromatic heterocycles. The van der Waals surface area contributed by atoms with Gasteiger partial charge >= 0.3 is 31.0 Å². The molecule has 0 spiro atoms. The molecule has 12 heteroatoms. The van der Waals surface area contributed by atoms with Crippen LogP contribution in [0.5, 0.6) is 0 Å². The van der Waals surface area contributed by atoms with Gasteiger partial charge in [0.1, 0.15) is 11.2 Å². The van der Waals surface area contributed by atoms with Crippen LogP contribution in [0.3, 0.4) is 0 Å². The summed E-state index contributed by atoms with van der Waals surface area (Å²) in [5, 5.41) is 0. The molecule has 0 aliphatic carbocycles. The van der Waals surface area contributed by atoms with Crippen molar-refractivity contribution in [1.82, 2.24) is 0 Å². The van der Waals surface area contributed by atoms with Gasteiger partial charge < -0.3 is 28.3 Å². The van der Waals surface area contributed by atoms with Crippen LogP contribution in [0.15, 0.2) is 53.0 Å². The summed E-state index contributed by atoms with van der Waals surface area (Å²) in [6.45, 7) is 23.1. The predicted octanol–water partition coefficient (Wildman–Crippen LogP) is 7.97. The van der Waals surface area contributed by atoms with E-state index in [4.69, 9.17) is 28.3 Å². The molecule has 10 nitrogen and oxygen atoms in total. The molecule has 1 aliphatic rings. The molecule has 288 valence electrons. The predicted molar refractivity (Wildman–Crippen MR) is 205 cm³/mol. The Hall–Kier alpha value is -3.22. The Labute approximate surface area is 319 Å². The SMILES string of the molecule is CCOC(=O)C[C@H](CC(=O)OC(C)(C)C)c1cccc(B2OC(C)(C)C(C)(C)O2)c1.CCOC(=O)C[C@H](CC(=O)OC(C)(C)C)c1cccc(Br)c1. The summed E-state index contributed by atoms with van der Waals surface area (Å²) in [4.78, 5) is 48.5. The van der Waals surface area contributed by atoms with E-state index in [1.54, 1.807) is 13.8 Å². The normalized spacial score (nSPS) is 16.1. The summed E-state index contributed by atoms with van der Waals surface area (Å²) in [5.74, 6) is -1.93. The van der Waals surface area contributed by atoms with Crippen LogP contribution in [0.2, 0.25) is 0 Å². The molecule has 2 aromatic rings. The fourth-order valence-corrected chi connectivity index (χ4v) is 5.74. The quantitative estimate of drug-likeness (QED) is 0.112. The van der Waals surface area contributed by atoms with Crippen molar-refractivity contribution in [3.05, 3.63) is 64.1 Å². The summed E-state index contributed by atoms with van der Waals surface area (Å²) in [5.41, 5.74) is 0.584. The molecule has 2 aromatic carbocycles. The third-order valence-electron chi connectivity index (χ3n) is 8.33. The van der Waals surface area contributed by atoms with Gasteiger partial charge in [0.2, 0.25) is 0 Å². The first-order valence-corrected chi connectivity index (χ1v) is 18.7. The molecule has 1 aliphatic heterocycles. The number of hydrogen-bond acceptors (Lipinski definition) is 10. The van der Waals surface area contributed by atoms with Crippen LogP contribution in [0.4, 0.5) is 0 Å². The number of esters is 4. The van der Waals surface area contributed by atoms with Gasteiger partial charge in [0.15, 0.2) is 0 Å². The van der Waals surface area contributed by atoms with Gasteiger partial charge in [0.25, 0.3) is 0 Å². The Morgan fingerprint density at radius 3 is 1.42 bits per heavy atom. The molecule has 1 heterocycles. The molecule has 0 saturated carbocycles. The van der Waals surface area contributed by atoms with E-state index >= 15 is 0 Å². The van der Waals surface area contributed by atoms with Gasteiger partial charge in [-0.05, 0) is 112 Å². The lowest BCUT2D eigenvalue weighted by Gasteiger charge is -2.32. The molecule has 1 saturated heterocycles. The Balaban J connectivity index is 0.000000378. The number of benzene rings is 2. The highest BCUT2D eigenvalue weighted by Crippen LogP contribution is 2.37. The average Bonchev–Trinajstić information content (AvgIpc) is 3.21. The van der Waals surface area contributed by atoms with Gasteiger partial charge in [0, 0.05) is 16.3 Å². The van der Waals surface area contributed by atoms with Gasteiger partial charge in [-0.1, -0.05) is 52.3 Å². The summed E-state index contributed by atoms with van der Waals surface area (Å²) in [6.07, 6.45) is 0.485. The van der Waals surface area contributed by atoms with E-state index in [0.717, 1.165) is 21.1 Å². The Kier molecular flexibility index (Phi) is 16.6. The lowest BCUT2D eigenvalue weighted by molar-refractivity contribution is -0.157. The van der Waals surface area contributed by atoms with Crippen LogP contribution in [-0.4, -0.2) is 66.6 Å². The number of halogens is 1. The minimum atomic E-state index is -0.587. The van der Waals surface area contributed by atoms with E-state index in [0.29, 0.717) is 13.2 Å². The van der Waals surface area contributed by atoms with E-state index in [1.807, 2.05) is 118 Å². The zero-order valence-corrected chi connectivity index (χ0v) is 34.6. The van der Waals surface area contributed by atoms with Crippen molar-refractivity contribution in [2.24, 2.45) is 0 Å². The number of carbonyl (C=O) groups excluding carboxylic acids is 4. The van der Waals surface area contributed by atoms with Crippen molar-refractivity contribution in [1.29, 1.82) is 0 Å². The maximum absolute atomic E-state index is 12.5. The minimum absolute atomic E-state index is 0.0862. The molecule has 1 fully saturated rings. The van der Waals surface area contributed by atoms with Crippen LogP contribution >= 0.6 is 15.9 Å². The summed E-state index contributed by atoms with van der Waals surface area (Å²) >= 11 is 3.41. The standard InChI is InChI=1S/C23H35BO6.C17H23BrO4/c1-9-27-19(25)14-17(15-20(26)28-21(2,3)4)16-11-10-12-18(13-16)24-29-22(5,6)23(7,8)30-24;1-5-21-15(19)10-13(11-16(20)22-17(2,3)4)12-7-6-8-14(18)9-12/h10-13,17H,9,14-15H2,1-8H3;6-9,13H,5,10-11H2,1-4H3/t17-;13-/m11/s1. The van der Waals surface area contributed by atoms with E-state index < -0.39 is 29.5 Å². The average molecular weight is 790 g/mol. The van der Waals surface area contributed by atoms with Crippen molar-refractivity contribution in [3.63, 3.8) is 0 Å². The minimum Gasteiger partial charge on any atom is -0.466 e. The molecule has 52 heavy (non-hydrogen) atoms. The van der Waals surface area contributed by atoms with Crippen molar-refractivity contribution in [2.45, 2.75) is 143 Å². The van der Waals surface area contributed by atoms with Crippen LogP contribution in [0.25, 0.3) is 0 Å². The van der Waals surface area contributed by atoms with Crippen molar-refractivity contribution >= 4 is 52.4 Å². The van der Waals surface area contributed by atoms with Crippen LogP contribution in [0, 0.1) is 0 Å². The summed E-state index contributed by atoms with van der Waals surface area (Å²) in [7, 11) is -0.514. The lowest BCUT2D eigenvalue weighted by atomic mass is 9.77. The third kappa shape index (κ3) is 15.4. The lowest BCUT2D eigenvalue weighted by Crippen LogP contribution is -2.41. The van der Waals surface area contributed by atoms with E-state index in [2.05, 4.69) is 15.9 Å². The molecule has 2 atom stereocenters. The zero-order valence-electron chi connectivity index (χ0n) is 33.1. The van der Waals surface area contributed by atoms with Crippen molar-refractivity contribution < 1.29 is 47.4 Å². The van der Waals surface area contributed by atoms with E-state index in [-0.39, 0.29) is 61.4 Å². The maximum Gasteiger partial charge on any atom is 0.494 e. The van der Waals surface area contributed by atoms with Crippen LogP contribution in [0.1, 0.15) is 132 Å².